The van der Waals surface area contributed by atoms with Gasteiger partial charge in [-0.1, -0.05) is 28.9 Å². The SMILES string of the molecule is CCC(CC(=O)O)c1cc(C)c(C)cc1Br. The molecule has 1 aromatic carbocycles. The van der Waals surface area contributed by atoms with E-state index in [4.69, 9.17) is 5.11 Å². The lowest BCUT2D eigenvalue weighted by Gasteiger charge is -2.16. The van der Waals surface area contributed by atoms with Gasteiger partial charge in [0.05, 0.1) is 6.42 Å². The zero-order valence-electron chi connectivity index (χ0n) is 9.88. The van der Waals surface area contributed by atoms with Gasteiger partial charge in [0.2, 0.25) is 0 Å². The molecule has 0 amide bonds. The number of benzene rings is 1. The molecule has 1 rings (SSSR count). The Hall–Kier alpha value is -0.830. The Balaban J connectivity index is 3.09. The molecule has 0 fully saturated rings. The van der Waals surface area contributed by atoms with E-state index in [1.807, 2.05) is 6.92 Å². The summed E-state index contributed by atoms with van der Waals surface area (Å²) in [5.74, 6) is -0.650. The Morgan fingerprint density at radius 2 is 1.94 bits per heavy atom. The molecule has 0 bridgehead atoms. The van der Waals surface area contributed by atoms with E-state index in [0.717, 1.165) is 16.5 Å². The van der Waals surface area contributed by atoms with Crippen molar-refractivity contribution in [3.63, 3.8) is 0 Å². The van der Waals surface area contributed by atoms with Crippen LogP contribution in [0.5, 0.6) is 0 Å². The molecule has 0 aliphatic heterocycles. The minimum absolute atomic E-state index is 0.0891. The second-order valence-electron chi connectivity index (χ2n) is 4.16. The van der Waals surface area contributed by atoms with Crippen molar-refractivity contribution >= 4 is 21.9 Å². The Kier molecular flexibility index (Phi) is 4.54. The molecule has 1 atom stereocenters. The number of carboxylic acids is 1. The molecule has 88 valence electrons. The van der Waals surface area contributed by atoms with Crippen LogP contribution in [0.15, 0.2) is 16.6 Å². The molecule has 0 aromatic heterocycles. The van der Waals surface area contributed by atoms with Crippen molar-refractivity contribution < 1.29 is 9.90 Å². The van der Waals surface area contributed by atoms with E-state index < -0.39 is 5.97 Å². The van der Waals surface area contributed by atoms with E-state index in [2.05, 4.69) is 41.9 Å². The summed E-state index contributed by atoms with van der Waals surface area (Å²) >= 11 is 3.52. The molecular formula is C13H17BrO2. The average Bonchev–Trinajstić information content (AvgIpc) is 2.20. The van der Waals surface area contributed by atoms with Gasteiger partial charge in [0, 0.05) is 4.47 Å². The zero-order chi connectivity index (χ0) is 12.3. The minimum atomic E-state index is -0.739. The van der Waals surface area contributed by atoms with Crippen molar-refractivity contribution in [3.05, 3.63) is 33.3 Å². The van der Waals surface area contributed by atoms with Gasteiger partial charge in [-0.2, -0.15) is 0 Å². The number of aliphatic carboxylic acids is 1. The number of carbonyl (C=O) groups is 1. The molecule has 0 radical (unpaired) electrons. The van der Waals surface area contributed by atoms with Gasteiger partial charge in [0.15, 0.2) is 0 Å². The fraction of sp³-hybridized carbons (Fsp3) is 0.462. The Morgan fingerprint density at radius 3 is 2.44 bits per heavy atom. The maximum Gasteiger partial charge on any atom is 0.303 e. The summed E-state index contributed by atoms with van der Waals surface area (Å²) in [6, 6.07) is 4.16. The smallest absolute Gasteiger partial charge is 0.303 e. The highest BCUT2D eigenvalue weighted by Gasteiger charge is 2.16. The molecule has 3 heteroatoms. The largest absolute Gasteiger partial charge is 0.481 e. The first-order chi connectivity index (χ1) is 7.45. The van der Waals surface area contributed by atoms with E-state index in [1.165, 1.54) is 11.1 Å². The number of rotatable bonds is 4. The fourth-order valence-corrected chi connectivity index (χ4v) is 2.58. The number of halogens is 1. The third-order valence-electron chi connectivity index (χ3n) is 2.97. The van der Waals surface area contributed by atoms with Crippen molar-refractivity contribution in [1.29, 1.82) is 0 Å². The highest BCUT2D eigenvalue weighted by atomic mass is 79.9. The molecule has 2 nitrogen and oxygen atoms in total. The first kappa shape index (κ1) is 13.2. The van der Waals surface area contributed by atoms with Gasteiger partial charge in [-0.05, 0) is 48.9 Å². The molecule has 0 heterocycles. The van der Waals surface area contributed by atoms with Gasteiger partial charge < -0.3 is 5.11 Å². The minimum Gasteiger partial charge on any atom is -0.481 e. The second kappa shape index (κ2) is 5.48. The number of hydrogen-bond donors (Lipinski definition) is 1. The third-order valence-corrected chi connectivity index (χ3v) is 3.65. The van der Waals surface area contributed by atoms with Gasteiger partial charge in [0.25, 0.3) is 0 Å². The second-order valence-corrected chi connectivity index (χ2v) is 5.02. The molecular weight excluding hydrogens is 268 g/mol. The lowest BCUT2D eigenvalue weighted by Crippen LogP contribution is -2.06. The van der Waals surface area contributed by atoms with Crippen LogP contribution in [0.25, 0.3) is 0 Å². The van der Waals surface area contributed by atoms with Crippen LogP contribution in [0.1, 0.15) is 42.4 Å². The predicted molar refractivity (Wildman–Crippen MR) is 68.9 cm³/mol. The van der Waals surface area contributed by atoms with Crippen LogP contribution in [-0.2, 0) is 4.79 Å². The van der Waals surface area contributed by atoms with Crippen LogP contribution in [0.4, 0.5) is 0 Å². The van der Waals surface area contributed by atoms with Gasteiger partial charge in [-0.15, -0.1) is 0 Å². The predicted octanol–water partition coefficient (Wildman–Crippen LogP) is 4.03. The van der Waals surface area contributed by atoms with E-state index in [-0.39, 0.29) is 12.3 Å². The Morgan fingerprint density at radius 1 is 1.38 bits per heavy atom. The number of hydrogen-bond acceptors (Lipinski definition) is 1. The van der Waals surface area contributed by atoms with Crippen molar-refractivity contribution in [1.82, 2.24) is 0 Å². The summed E-state index contributed by atoms with van der Waals surface area (Å²) < 4.78 is 1.02. The van der Waals surface area contributed by atoms with Crippen LogP contribution in [0.2, 0.25) is 0 Å². The van der Waals surface area contributed by atoms with E-state index in [1.54, 1.807) is 0 Å². The Bertz CT molecular complexity index is 399. The van der Waals surface area contributed by atoms with Crippen LogP contribution < -0.4 is 0 Å². The number of aryl methyl sites for hydroxylation is 2. The van der Waals surface area contributed by atoms with Crippen molar-refractivity contribution in [2.45, 2.75) is 39.5 Å². The molecule has 0 saturated carbocycles. The molecule has 0 spiro atoms. The summed E-state index contributed by atoms with van der Waals surface area (Å²) in [6.45, 7) is 6.13. The summed E-state index contributed by atoms with van der Waals surface area (Å²) in [5.41, 5.74) is 3.54. The lowest BCUT2D eigenvalue weighted by molar-refractivity contribution is -0.137. The van der Waals surface area contributed by atoms with Gasteiger partial charge in [-0.25, -0.2) is 0 Å². The third kappa shape index (κ3) is 3.08. The van der Waals surface area contributed by atoms with Crippen molar-refractivity contribution in [3.8, 4) is 0 Å². The molecule has 16 heavy (non-hydrogen) atoms. The summed E-state index contributed by atoms with van der Waals surface area (Å²) in [6.07, 6.45) is 1.03. The lowest BCUT2D eigenvalue weighted by atomic mass is 9.91. The maximum atomic E-state index is 10.8. The normalized spacial score (nSPS) is 12.5. The summed E-state index contributed by atoms with van der Waals surface area (Å²) in [4.78, 5) is 10.8. The average molecular weight is 285 g/mol. The topological polar surface area (TPSA) is 37.3 Å². The monoisotopic (exact) mass is 284 g/mol. The summed E-state index contributed by atoms with van der Waals surface area (Å²) in [7, 11) is 0. The van der Waals surface area contributed by atoms with Crippen LogP contribution in [0.3, 0.4) is 0 Å². The zero-order valence-corrected chi connectivity index (χ0v) is 11.5. The molecule has 1 unspecified atom stereocenters. The molecule has 1 N–H and O–H groups in total. The Labute approximate surface area is 105 Å². The maximum absolute atomic E-state index is 10.8. The van der Waals surface area contributed by atoms with Crippen LogP contribution in [0, 0.1) is 13.8 Å². The van der Waals surface area contributed by atoms with E-state index in [9.17, 15) is 4.79 Å². The first-order valence-electron chi connectivity index (χ1n) is 5.44. The standard InChI is InChI=1S/C13H17BrO2/c1-4-10(7-13(15)16)11-5-8(2)9(3)6-12(11)14/h5-6,10H,4,7H2,1-3H3,(H,15,16). The molecule has 0 aliphatic rings. The highest BCUT2D eigenvalue weighted by molar-refractivity contribution is 9.10. The highest BCUT2D eigenvalue weighted by Crippen LogP contribution is 2.32. The molecule has 0 saturated heterocycles. The quantitative estimate of drug-likeness (QED) is 0.906. The van der Waals surface area contributed by atoms with Gasteiger partial charge >= 0.3 is 5.97 Å². The van der Waals surface area contributed by atoms with E-state index in [0.29, 0.717) is 0 Å². The summed E-state index contributed by atoms with van der Waals surface area (Å²) in [5, 5.41) is 8.88. The van der Waals surface area contributed by atoms with Gasteiger partial charge in [0.1, 0.15) is 0 Å². The molecule has 1 aromatic rings. The van der Waals surface area contributed by atoms with E-state index >= 15 is 0 Å². The van der Waals surface area contributed by atoms with Crippen molar-refractivity contribution in [2.24, 2.45) is 0 Å². The van der Waals surface area contributed by atoms with Crippen LogP contribution in [-0.4, -0.2) is 11.1 Å². The van der Waals surface area contributed by atoms with Crippen LogP contribution >= 0.6 is 15.9 Å². The van der Waals surface area contributed by atoms with Crippen molar-refractivity contribution in [2.75, 3.05) is 0 Å². The first-order valence-corrected chi connectivity index (χ1v) is 6.23. The van der Waals surface area contributed by atoms with Gasteiger partial charge in [-0.3, -0.25) is 4.79 Å². The molecule has 0 aliphatic carbocycles. The fourth-order valence-electron chi connectivity index (χ4n) is 1.80. The number of carboxylic acid groups (broad SMARTS) is 1.